The number of thiazole rings is 1. The van der Waals surface area contributed by atoms with E-state index in [1.807, 2.05) is 0 Å². The maximum absolute atomic E-state index is 14.2. The van der Waals surface area contributed by atoms with Crippen molar-refractivity contribution in [2.24, 2.45) is 4.99 Å². The van der Waals surface area contributed by atoms with Crippen LogP contribution in [0.1, 0.15) is 31.0 Å². The van der Waals surface area contributed by atoms with E-state index in [1.165, 1.54) is 44.1 Å². The molecule has 0 unspecified atom stereocenters. The number of allylic oxidation sites excluding steroid dienone is 1. The average Bonchev–Trinajstić information content (AvgIpc) is 3.33. The number of nitro benzene ring substituents is 1. The summed E-state index contributed by atoms with van der Waals surface area (Å²) in [5, 5.41) is 11.7. The molecule has 0 bridgehead atoms. The van der Waals surface area contributed by atoms with Gasteiger partial charge in [-0.3, -0.25) is 19.5 Å². The quantitative estimate of drug-likeness (QED) is 0.0900. The van der Waals surface area contributed by atoms with Crippen molar-refractivity contribution >= 4 is 29.1 Å². The summed E-state index contributed by atoms with van der Waals surface area (Å²) in [7, 11) is 4.30. The number of carbonyl (C=O) groups excluding carboxylic acids is 1. The highest BCUT2D eigenvalue weighted by Crippen LogP contribution is 2.41. The Morgan fingerprint density at radius 2 is 1.91 bits per heavy atom. The van der Waals surface area contributed by atoms with E-state index < -0.39 is 22.5 Å². The number of esters is 1. The molecule has 4 rings (SSSR count). The largest absolute Gasteiger partial charge is 0.493 e. The van der Waals surface area contributed by atoms with E-state index in [0.717, 1.165) is 11.3 Å². The van der Waals surface area contributed by atoms with Gasteiger partial charge in [-0.1, -0.05) is 29.4 Å². The van der Waals surface area contributed by atoms with Crippen LogP contribution in [0.2, 0.25) is 0 Å². The fourth-order valence-corrected chi connectivity index (χ4v) is 5.80. The Balaban J connectivity index is 2.03. The smallest absolute Gasteiger partial charge is 0.338 e. The molecule has 2 heterocycles. The van der Waals surface area contributed by atoms with E-state index in [9.17, 15) is 19.7 Å². The second-order valence-electron chi connectivity index (χ2n) is 9.34. The number of rotatable bonds is 13. The molecule has 1 aliphatic heterocycles. The number of fused-ring (bicyclic) bond motifs is 1. The standard InChI is InChI=1S/C31H31N3O10S/c1-7-12-43-27-19(15-20(34(37)38)17-23(27)41-6)16-24-29(35)33-26(21-10-9-11-22(40-5)28(21)42-8-2)25(18(3)32-31(33)45-24)30(36)44-14-13-39-4/h1,9-11,15-17,26H,8,12-14H2,2-6H3/b24-16+/t26-/m1/s1. The monoisotopic (exact) mass is 637 g/mol. The van der Waals surface area contributed by atoms with E-state index in [-0.39, 0.29) is 64.1 Å². The number of terminal acetylenes is 1. The van der Waals surface area contributed by atoms with Crippen LogP contribution in [0.3, 0.4) is 0 Å². The zero-order valence-electron chi connectivity index (χ0n) is 25.3. The second kappa shape index (κ2) is 14.6. The Morgan fingerprint density at radius 1 is 1.16 bits per heavy atom. The van der Waals surface area contributed by atoms with Crippen LogP contribution in [-0.2, 0) is 14.3 Å². The van der Waals surface area contributed by atoms with Crippen LogP contribution in [0.4, 0.5) is 5.69 Å². The minimum absolute atomic E-state index is 0.0191. The molecule has 0 fully saturated rings. The van der Waals surface area contributed by atoms with Crippen molar-refractivity contribution < 1.29 is 38.1 Å². The molecule has 0 amide bonds. The fraction of sp³-hybridized carbons (Fsp3) is 0.323. The Morgan fingerprint density at radius 3 is 2.56 bits per heavy atom. The van der Waals surface area contributed by atoms with Gasteiger partial charge in [-0.05, 0) is 26.0 Å². The minimum Gasteiger partial charge on any atom is -0.493 e. The molecule has 0 spiro atoms. The van der Waals surface area contributed by atoms with Gasteiger partial charge in [-0.15, -0.1) is 6.42 Å². The molecule has 0 N–H and O–H groups in total. The highest BCUT2D eigenvalue weighted by molar-refractivity contribution is 7.07. The van der Waals surface area contributed by atoms with Gasteiger partial charge in [0, 0.05) is 24.3 Å². The third-order valence-corrected chi connectivity index (χ3v) is 7.64. The Bertz CT molecular complexity index is 1870. The van der Waals surface area contributed by atoms with Gasteiger partial charge in [0.1, 0.15) is 19.3 Å². The molecule has 0 radical (unpaired) electrons. The van der Waals surface area contributed by atoms with Crippen molar-refractivity contribution in [1.29, 1.82) is 0 Å². The van der Waals surface area contributed by atoms with Crippen molar-refractivity contribution in [2.75, 3.05) is 47.8 Å². The van der Waals surface area contributed by atoms with Gasteiger partial charge in [0.25, 0.3) is 11.2 Å². The van der Waals surface area contributed by atoms with Crippen molar-refractivity contribution in [3.8, 4) is 35.3 Å². The summed E-state index contributed by atoms with van der Waals surface area (Å²) in [4.78, 5) is 43.7. The summed E-state index contributed by atoms with van der Waals surface area (Å²) in [5.41, 5.74) is 0.282. The first-order valence-corrected chi connectivity index (χ1v) is 14.4. The van der Waals surface area contributed by atoms with Gasteiger partial charge >= 0.3 is 5.97 Å². The molecule has 2 aromatic carbocycles. The number of ether oxygens (including phenoxy) is 6. The number of non-ortho nitro benzene ring substituents is 1. The zero-order chi connectivity index (χ0) is 32.7. The van der Waals surface area contributed by atoms with Crippen LogP contribution in [0.5, 0.6) is 23.0 Å². The van der Waals surface area contributed by atoms with Gasteiger partial charge in [-0.25, -0.2) is 9.79 Å². The molecule has 14 heteroatoms. The molecule has 1 atom stereocenters. The lowest BCUT2D eigenvalue weighted by Crippen LogP contribution is -2.40. The van der Waals surface area contributed by atoms with Crippen LogP contribution < -0.4 is 33.8 Å². The normalized spacial score (nSPS) is 14.2. The highest BCUT2D eigenvalue weighted by Gasteiger charge is 2.36. The molecular formula is C31H31N3O10S. The average molecular weight is 638 g/mol. The first-order valence-electron chi connectivity index (χ1n) is 13.6. The summed E-state index contributed by atoms with van der Waals surface area (Å²) in [6.07, 6.45) is 6.82. The Hall–Kier alpha value is -5.13. The summed E-state index contributed by atoms with van der Waals surface area (Å²) < 4.78 is 34.6. The summed E-state index contributed by atoms with van der Waals surface area (Å²) in [6.45, 7) is 3.72. The maximum Gasteiger partial charge on any atom is 0.338 e. The fourth-order valence-electron chi connectivity index (χ4n) is 4.76. The van der Waals surface area contributed by atoms with E-state index >= 15 is 0 Å². The van der Waals surface area contributed by atoms with Crippen molar-refractivity contribution in [3.63, 3.8) is 0 Å². The first kappa shape index (κ1) is 32.8. The van der Waals surface area contributed by atoms with Crippen molar-refractivity contribution in [2.45, 2.75) is 19.9 Å². The number of para-hydroxylation sites is 1. The third kappa shape index (κ3) is 6.69. The SMILES string of the molecule is C#CCOc1c(/C=c2/sc3n(c2=O)[C@H](c2cccc(OC)c2OCC)C(C(=O)OCCOC)=C(C)N=3)cc([N+](=O)[O-])cc1OC. The maximum atomic E-state index is 14.2. The van der Waals surface area contributed by atoms with E-state index in [0.29, 0.717) is 22.8 Å². The molecule has 236 valence electrons. The summed E-state index contributed by atoms with van der Waals surface area (Å²) in [5.74, 6) is 2.58. The number of nitrogens with zero attached hydrogens (tertiary/aromatic N) is 3. The predicted molar refractivity (Wildman–Crippen MR) is 165 cm³/mol. The lowest BCUT2D eigenvalue weighted by molar-refractivity contribution is -0.385. The number of hydrogen-bond acceptors (Lipinski definition) is 12. The molecule has 1 aliphatic rings. The van der Waals surface area contributed by atoms with Crippen LogP contribution in [-0.4, -0.2) is 63.2 Å². The molecule has 13 nitrogen and oxygen atoms in total. The number of benzene rings is 2. The van der Waals surface area contributed by atoms with Crippen LogP contribution in [0.25, 0.3) is 6.08 Å². The Labute approximate surface area is 262 Å². The topological polar surface area (TPSA) is 150 Å². The number of aromatic nitrogens is 1. The van der Waals surface area contributed by atoms with Gasteiger partial charge in [0.2, 0.25) is 0 Å². The third-order valence-electron chi connectivity index (χ3n) is 6.66. The van der Waals surface area contributed by atoms with Gasteiger partial charge in [0.05, 0.1) is 54.2 Å². The van der Waals surface area contributed by atoms with Gasteiger partial charge in [-0.2, -0.15) is 0 Å². The second-order valence-corrected chi connectivity index (χ2v) is 10.3. The van der Waals surface area contributed by atoms with Crippen LogP contribution in [0, 0.1) is 22.5 Å². The molecule has 0 aliphatic carbocycles. The van der Waals surface area contributed by atoms with E-state index in [4.69, 9.17) is 34.8 Å². The van der Waals surface area contributed by atoms with Crippen LogP contribution in [0.15, 0.2) is 51.4 Å². The molecular weight excluding hydrogens is 606 g/mol. The molecule has 45 heavy (non-hydrogen) atoms. The van der Waals surface area contributed by atoms with Gasteiger partial charge in [0.15, 0.2) is 27.8 Å². The highest BCUT2D eigenvalue weighted by atomic mass is 32.1. The lowest BCUT2D eigenvalue weighted by atomic mass is 9.94. The number of hydrogen-bond donors (Lipinski definition) is 0. The summed E-state index contributed by atoms with van der Waals surface area (Å²) in [6, 6.07) is 6.59. The van der Waals surface area contributed by atoms with Gasteiger partial charge < -0.3 is 28.4 Å². The van der Waals surface area contributed by atoms with E-state index in [2.05, 4.69) is 10.9 Å². The van der Waals surface area contributed by atoms with E-state index in [1.54, 1.807) is 32.0 Å². The number of carbonyl (C=O) groups is 1. The molecule has 1 aromatic heterocycles. The lowest BCUT2D eigenvalue weighted by Gasteiger charge is -2.27. The minimum atomic E-state index is -1.02. The first-order chi connectivity index (χ1) is 21.7. The van der Waals surface area contributed by atoms with Crippen molar-refractivity contribution in [1.82, 2.24) is 4.57 Å². The number of methoxy groups -OCH3 is 3. The zero-order valence-corrected chi connectivity index (χ0v) is 26.1. The molecule has 3 aromatic rings. The number of nitro groups is 1. The Kier molecular flexibility index (Phi) is 10.6. The van der Waals surface area contributed by atoms with Crippen molar-refractivity contribution in [3.05, 3.63) is 82.5 Å². The predicted octanol–water partition coefficient (Wildman–Crippen LogP) is 2.76. The molecule has 0 saturated heterocycles. The summed E-state index contributed by atoms with van der Waals surface area (Å²) >= 11 is 1.03. The van der Waals surface area contributed by atoms with Crippen LogP contribution >= 0.6 is 11.3 Å². The molecule has 0 saturated carbocycles.